The molecule has 0 saturated heterocycles. The Morgan fingerprint density at radius 3 is 2.33 bits per heavy atom. The minimum Gasteiger partial charge on any atom is -0.486 e. The van der Waals surface area contributed by atoms with Crippen LogP contribution in [0.5, 0.6) is 11.5 Å². The van der Waals surface area contributed by atoms with Gasteiger partial charge < -0.3 is 19.3 Å². The van der Waals surface area contributed by atoms with E-state index in [0.29, 0.717) is 42.8 Å². The summed E-state index contributed by atoms with van der Waals surface area (Å²) >= 11 is 0. The van der Waals surface area contributed by atoms with Gasteiger partial charge in [-0.1, -0.05) is 32.9 Å². The van der Waals surface area contributed by atoms with Crippen LogP contribution < -0.4 is 20.1 Å². The Morgan fingerprint density at radius 2 is 1.70 bits per heavy atom. The number of hydrogen-bond donors (Lipinski definition) is 2. The van der Waals surface area contributed by atoms with E-state index >= 15 is 0 Å². The Balaban J connectivity index is 1.51. The highest BCUT2D eigenvalue weighted by atomic mass is 16.6. The van der Waals surface area contributed by atoms with Gasteiger partial charge in [-0.15, -0.1) is 0 Å². The monoisotopic (exact) mass is 416 g/mol. The van der Waals surface area contributed by atoms with Crippen molar-refractivity contribution >= 4 is 23.4 Å². The number of benzene rings is 1. The number of amides is 2. The smallest absolute Gasteiger partial charge is 0.240 e. The standard InChI is InChI=1S/C21H28N4O5/c1-5-25(13-19(27)23-20-11-17(24-30-20)21(2,3)4)12-18(26)22-14-6-7-15-16(10-14)29-9-8-28-15/h6-7,10-11H,5,8-9,12-13H2,1-4H3,(H,22,26)(H,23,27). The number of anilines is 2. The van der Waals surface area contributed by atoms with Crippen molar-refractivity contribution in [1.82, 2.24) is 10.1 Å². The van der Waals surface area contributed by atoms with E-state index in [1.165, 1.54) is 0 Å². The Hall–Kier alpha value is -3.07. The zero-order chi connectivity index (χ0) is 21.7. The molecular weight excluding hydrogens is 388 g/mol. The second-order valence-electron chi connectivity index (χ2n) is 8.08. The number of nitrogens with zero attached hydrogens (tertiary/aromatic N) is 2. The first kappa shape index (κ1) is 21.6. The fraction of sp³-hybridized carbons (Fsp3) is 0.476. The molecule has 3 rings (SSSR count). The van der Waals surface area contributed by atoms with Gasteiger partial charge in [0.25, 0.3) is 0 Å². The van der Waals surface area contributed by atoms with Crippen LogP contribution in [-0.4, -0.2) is 54.7 Å². The van der Waals surface area contributed by atoms with Gasteiger partial charge >= 0.3 is 0 Å². The SMILES string of the molecule is CCN(CC(=O)Nc1ccc2c(c1)OCCO2)CC(=O)Nc1cc(C(C)(C)C)no1. The lowest BCUT2D eigenvalue weighted by atomic mass is 9.92. The summed E-state index contributed by atoms with van der Waals surface area (Å²) < 4.78 is 16.2. The first-order valence-electron chi connectivity index (χ1n) is 9.93. The first-order chi connectivity index (χ1) is 14.2. The number of carbonyl (C=O) groups is 2. The Morgan fingerprint density at radius 1 is 1.03 bits per heavy atom. The zero-order valence-electron chi connectivity index (χ0n) is 17.8. The minimum atomic E-state index is -0.277. The molecule has 1 aliphatic heterocycles. The van der Waals surface area contributed by atoms with Crippen LogP contribution >= 0.6 is 0 Å². The summed E-state index contributed by atoms with van der Waals surface area (Å²) in [5, 5.41) is 9.49. The number of likely N-dealkylation sites (N-methyl/N-ethyl adjacent to an activating group) is 1. The molecule has 162 valence electrons. The van der Waals surface area contributed by atoms with Crippen molar-refractivity contribution in [2.45, 2.75) is 33.1 Å². The van der Waals surface area contributed by atoms with Crippen molar-refractivity contribution < 1.29 is 23.6 Å². The molecule has 0 unspecified atom stereocenters. The lowest BCUT2D eigenvalue weighted by Crippen LogP contribution is -2.38. The molecule has 1 aliphatic rings. The minimum absolute atomic E-state index is 0.0522. The maximum atomic E-state index is 12.4. The van der Waals surface area contributed by atoms with Crippen molar-refractivity contribution in [2.24, 2.45) is 0 Å². The van der Waals surface area contributed by atoms with Gasteiger partial charge in [0.1, 0.15) is 13.2 Å². The van der Waals surface area contributed by atoms with Gasteiger partial charge in [-0.2, -0.15) is 0 Å². The molecule has 9 nitrogen and oxygen atoms in total. The number of nitrogens with one attached hydrogen (secondary N) is 2. The highest BCUT2D eigenvalue weighted by Gasteiger charge is 2.21. The average molecular weight is 416 g/mol. The van der Waals surface area contributed by atoms with Crippen LogP contribution in [0.2, 0.25) is 0 Å². The second-order valence-corrected chi connectivity index (χ2v) is 8.08. The number of hydrogen-bond acceptors (Lipinski definition) is 7. The number of carbonyl (C=O) groups excluding carboxylic acids is 2. The van der Waals surface area contributed by atoms with Gasteiger partial charge in [-0.3, -0.25) is 19.8 Å². The quantitative estimate of drug-likeness (QED) is 0.715. The molecule has 0 fully saturated rings. The van der Waals surface area contributed by atoms with Crippen LogP contribution in [0.4, 0.5) is 11.6 Å². The van der Waals surface area contributed by atoms with Gasteiger partial charge in [-0.05, 0) is 18.7 Å². The number of aromatic nitrogens is 1. The van der Waals surface area contributed by atoms with Crippen LogP contribution in [0.15, 0.2) is 28.8 Å². The van der Waals surface area contributed by atoms with Crippen LogP contribution in [-0.2, 0) is 15.0 Å². The fourth-order valence-corrected chi connectivity index (χ4v) is 2.87. The summed E-state index contributed by atoms with van der Waals surface area (Å²) in [4.78, 5) is 26.5. The van der Waals surface area contributed by atoms with Crippen molar-refractivity contribution in [3.05, 3.63) is 30.0 Å². The molecule has 9 heteroatoms. The van der Waals surface area contributed by atoms with Crippen LogP contribution in [0.3, 0.4) is 0 Å². The number of rotatable bonds is 7. The van der Waals surface area contributed by atoms with E-state index in [2.05, 4.69) is 15.8 Å². The third-order valence-electron chi connectivity index (χ3n) is 4.55. The summed E-state index contributed by atoms with van der Waals surface area (Å²) in [6, 6.07) is 6.96. The molecule has 30 heavy (non-hydrogen) atoms. The topological polar surface area (TPSA) is 106 Å². The number of ether oxygens (including phenoxy) is 2. The molecule has 0 bridgehead atoms. The van der Waals surface area contributed by atoms with E-state index in [9.17, 15) is 9.59 Å². The van der Waals surface area contributed by atoms with Crippen LogP contribution in [0.25, 0.3) is 0 Å². The maximum Gasteiger partial charge on any atom is 0.240 e. The van der Waals surface area contributed by atoms with E-state index in [1.807, 2.05) is 27.7 Å². The molecule has 0 saturated carbocycles. The van der Waals surface area contributed by atoms with Crippen molar-refractivity contribution in [3.8, 4) is 11.5 Å². The van der Waals surface area contributed by atoms with Gasteiger partial charge in [0.2, 0.25) is 17.7 Å². The Labute approximate surface area is 175 Å². The number of fused-ring (bicyclic) bond motifs is 1. The molecule has 0 aliphatic carbocycles. The average Bonchev–Trinajstić information content (AvgIpc) is 3.16. The molecular formula is C21H28N4O5. The summed E-state index contributed by atoms with van der Waals surface area (Å²) in [7, 11) is 0. The summed E-state index contributed by atoms with van der Waals surface area (Å²) in [6.45, 7) is 9.56. The van der Waals surface area contributed by atoms with Crippen molar-refractivity contribution in [2.75, 3.05) is 43.5 Å². The predicted molar refractivity (Wildman–Crippen MR) is 112 cm³/mol. The van der Waals surface area contributed by atoms with E-state index in [0.717, 1.165) is 5.69 Å². The van der Waals surface area contributed by atoms with E-state index in [4.69, 9.17) is 14.0 Å². The third kappa shape index (κ3) is 5.73. The molecule has 2 heterocycles. The van der Waals surface area contributed by atoms with Crippen LogP contribution in [0.1, 0.15) is 33.4 Å². The van der Waals surface area contributed by atoms with E-state index < -0.39 is 0 Å². The molecule has 1 aromatic heterocycles. The third-order valence-corrected chi connectivity index (χ3v) is 4.55. The molecule has 2 aromatic rings. The summed E-state index contributed by atoms with van der Waals surface area (Å²) in [5.41, 5.74) is 1.19. The fourth-order valence-electron chi connectivity index (χ4n) is 2.87. The Bertz CT molecular complexity index is 903. The summed E-state index contributed by atoms with van der Waals surface area (Å²) in [5.74, 6) is 1.05. The zero-order valence-corrected chi connectivity index (χ0v) is 17.8. The molecule has 2 amide bonds. The normalized spacial score (nSPS) is 13.2. The van der Waals surface area contributed by atoms with Gasteiger partial charge in [-0.25, -0.2) is 0 Å². The van der Waals surface area contributed by atoms with Gasteiger partial charge in [0.05, 0.1) is 18.8 Å². The molecule has 0 spiro atoms. The first-order valence-corrected chi connectivity index (χ1v) is 9.93. The Kier molecular flexibility index (Phi) is 6.61. The summed E-state index contributed by atoms with van der Waals surface area (Å²) in [6.07, 6.45) is 0. The molecule has 2 N–H and O–H groups in total. The van der Waals surface area contributed by atoms with E-state index in [1.54, 1.807) is 29.2 Å². The van der Waals surface area contributed by atoms with Gasteiger partial charge in [0.15, 0.2) is 11.5 Å². The molecule has 0 atom stereocenters. The van der Waals surface area contributed by atoms with Crippen LogP contribution in [0, 0.1) is 0 Å². The van der Waals surface area contributed by atoms with Gasteiger partial charge in [0, 0.05) is 23.2 Å². The largest absolute Gasteiger partial charge is 0.486 e. The lowest BCUT2D eigenvalue weighted by Gasteiger charge is -2.20. The maximum absolute atomic E-state index is 12.4. The highest BCUT2D eigenvalue weighted by Crippen LogP contribution is 2.32. The molecule has 0 radical (unpaired) electrons. The van der Waals surface area contributed by atoms with Crippen molar-refractivity contribution in [3.63, 3.8) is 0 Å². The predicted octanol–water partition coefficient (Wildman–Crippen LogP) is 2.64. The highest BCUT2D eigenvalue weighted by molar-refractivity contribution is 5.94. The van der Waals surface area contributed by atoms with Crippen molar-refractivity contribution in [1.29, 1.82) is 0 Å². The lowest BCUT2D eigenvalue weighted by molar-refractivity contribution is -0.120. The second kappa shape index (κ2) is 9.17. The van der Waals surface area contributed by atoms with E-state index in [-0.39, 0.29) is 30.3 Å². The molecule has 1 aromatic carbocycles.